The highest BCUT2D eigenvalue weighted by atomic mass is 35.9. The Labute approximate surface area is 99.7 Å². The summed E-state index contributed by atoms with van der Waals surface area (Å²) in [5.41, 5.74) is -0.671. The van der Waals surface area contributed by atoms with Gasteiger partial charge in [0.05, 0.1) is 4.92 Å². The molecule has 1 aromatic rings. The van der Waals surface area contributed by atoms with Gasteiger partial charge in [-0.2, -0.15) is 0 Å². The fourth-order valence-corrected chi connectivity index (χ4v) is 1.82. The van der Waals surface area contributed by atoms with Crippen LogP contribution in [0.2, 0.25) is 0 Å². The molecule has 0 bridgehead atoms. The van der Waals surface area contributed by atoms with Crippen LogP contribution in [-0.4, -0.2) is 10.8 Å². The summed E-state index contributed by atoms with van der Waals surface area (Å²) < 4.78 is 10.9. The van der Waals surface area contributed by atoms with Crippen molar-refractivity contribution in [2.45, 2.75) is 0 Å². The first-order valence-electron chi connectivity index (χ1n) is 3.86. The van der Waals surface area contributed by atoms with Gasteiger partial charge in [-0.1, -0.05) is 12.1 Å². The van der Waals surface area contributed by atoms with E-state index in [1.54, 1.807) is 5.09 Å². The molecule has 0 radical (unpaired) electrons. The third-order valence-corrected chi connectivity index (χ3v) is 2.55. The number of nitro benzene ring substituents is 1. The first kappa shape index (κ1) is 13.0. The number of halogens is 2. The summed E-state index contributed by atoms with van der Waals surface area (Å²) in [6.07, 6.45) is 0. The summed E-state index contributed by atoms with van der Waals surface area (Å²) >= 11 is 10.3. The summed E-state index contributed by atoms with van der Waals surface area (Å²) in [7, 11) is 0. The van der Waals surface area contributed by atoms with E-state index >= 15 is 0 Å². The van der Waals surface area contributed by atoms with Crippen molar-refractivity contribution in [3.8, 4) is 0 Å². The first-order chi connectivity index (χ1) is 7.31. The fourth-order valence-electron chi connectivity index (χ4n) is 1.00. The van der Waals surface area contributed by atoms with Crippen LogP contribution in [0.25, 0.3) is 0 Å². The second-order valence-electron chi connectivity index (χ2n) is 2.68. The van der Waals surface area contributed by atoms with Crippen LogP contribution in [-0.2, 0) is 4.57 Å². The lowest BCUT2D eigenvalue weighted by Gasteiger charge is -2.05. The van der Waals surface area contributed by atoms with Crippen LogP contribution < -0.4 is 5.09 Å². The molecule has 1 aromatic carbocycles. The zero-order valence-electron chi connectivity index (χ0n) is 7.59. The van der Waals surface area contributed by atoms with Crippen molar-refractivity contribution < 1.29 is 14.3 Å². The maximum absolute atomic E-state index is 11.4. The zero-order chi connectivity index (χ0) is 12.3. The van der Waals surface area contributed by atoms with Crippen LogP contribution in [0.1, 0.15) is 10.4 Å². The number of nitrogens with one attached hydrogen (secondary N) is 1. The summed E-state index contributed by atoms with van der Waals surface area (Å²) in [5.74, 6) is -4.77. The molecule has 1 amide bonds. The number of carbonyl (C=O) groups is 1. The summed E-state index contributed by atoms with van der Waals surface area (Å²) in [4.78, 5) is 21.3. The molecule has 6 nitrogen and oxygen atoms in total. The molecule has 0 aromatic heterocycles. The van der Waals surface area contributed by atoms with E-state index in [0.717, 1.165) is 6.07 Å². The molecule has 0 aliphatic heterocycles. The highest BCUT2D eigenvalue weighted by Gasteiger charge is 2.24. The van der Waals surface area contributed by atoms with E-state index in [1.165, 1.54) is 18.2 Å². The Kier molecular flexibility index (Phi) is 3.91. The molecule has 16 heavy (non-hydrogen) atoms. The molecule has 0 saturated carbocycles. The van der Waals surface area contributed by atoms with Gasteiger partial charge < -0.3 is 0 Å². The molecule has 0 unspecified atom stereocenters. The Hall–Kier alpha value is -1.10. The van der Waals surface area contributed by atoms with Crippen LogP contribution in [0.4, 0.5) is 5.69 Å². The highest BCUT2D eigenvalue weighted by Crippen LogP contribution is 2.52. The predicted molar refractivity (Wildman–Crippen MR) is 59.9 cm³/mol. The number of nitrogens with zero attached hydrogens (tertiary/aromatic N) is 1. The van der Waals surface area contributed by atoms with Crippen molar-refractivity contribution in [1.82, 2.24) is 5.09 Å². The number of nitro groups is 1. The molecule has 0 spiro atoms. The number of benzene rings is 1. The lowest BCUT2D eigenvalue weighted by Crippen LogP contribution is -2.17. The van der Waals surface area contributed by atoms with Gasteiger partial charge in [-0.3, -0.25) is 24.6 Å². The standard InChI is InChI=1S/C7H5Cl2N2O4P/c8-16(9,15)10-7(12)5-3-1-2-4-6(5)11(13)14/h1-4H,(H,10,12,15). The van der Waals surface area contributed by atoms with Gasteiger partial charge >= 0.3 is 6.00 Å². The van der Waals surface area contributed by atoms with Crippen LogP contribution in [0.5, 0.6) is 0 Å². The third-order valence-electron chi connectivity index (χ3n) is 1.58. The van der Waals surface area contributed by atoms with Gasteiger partial charge in [-0.05, 0) is 28.5 Å². The molecule has 0 saturated heterocycles. The topological polar surface area (TPSA) is 89.3 Å². The minimum absolute atomic E-state index is 0.256. The zero-order valence-corrected chi connectivity index (χ0v) is 10.00. The van der Waals surface area contributed by atoms with E-state index in [4.69, 9.17) is 22.5 Å². The maximum Gasteiger partial charge on any atom is 0.345 e. The second kappa shape index (κ2) is 4.82. The lowest BCUT2D eigenvalue weighted by atomic mass is 10.2. The van der Waals surface area contributed by atoms with Crippen molar-refractivity contribution >= 4 is 40.1 Å². The molecular formula is C7H5Cl2N2O4P. The molecule has 1 rings (SSSR count). The van der Waals surface area contributed by atoms with Gasteiger partial charge in [0.1, 0.15) is 5.56 Å². The van der Waals surface area contributed by atoms with Gasteiger partial charge in [0, 0.05) is 6.07 Å². The van der Waals surface area contributed by atoms with Crippen molar-refractivity contribution in [3.63, 3.8) is 0 Å². The van der Waals surface area contributed by atoms with E-state index in [9.17, 15) is 19.5 Å². The maximum atomic E-state index is 11.4. The van der Waals surface area contributed by atoms with Gasteiger partial charge in [0.25, 0.3) is 11.6 Å². The van der Waals surface area contributed by atoms with Crippen LogP contribution in [0.3, 0.4) is 0 Å². The third kappa shape index (κ3) is 3.48. The van der Waals surface area contributed by atoms with E-state index in [2.05, 4.69) is 0 Å². The Morgan fingerprint density at radius 2 is 1.94 bits per heavy atom. The van der Waals surface area contributed by atoms with Gasteiger partial charge in [-0.25, -0.2) is 0 Å². The summed E-state index contributed by atoms with van der Waals surface area (Å²) in [6, 6.07) is 5.17. The Morgan fingerprint density at radius 3 is 2.44 bits per heavy atom. The highest BCUT2D eigenvalue weighted by molar-refractivity contribution is 8.07. The van der Waals surface area contributed by atoms with Crippen molar-refractivity contribution in [3.05, 3.63) is 39.9 Å². The average Bonchev–Trinajstić information content (AvgIpc) is 2.15. The van der Waals surface area contributed by atoms with E-state index < -0.39 is 22.5 Å². The van der Waals surface area contributed by atoms with Crippen LogP contribution >= 0.6 is 28.5 Å². The van der Waals surface area contributed by atoms with Crippen molar-refractivity contribution in [2.75, 3.05) is 0 Å². The monoisotopic (exact) mass is 282 g/mol. The fraction of sp³-hybridized carbons (Fsp3) is 0. The number of para-hydroxylation sites is 1. The SMILES string of the molecule is O=C(NP(=O)(Cl)Cl)c1ccccc1[N+](=O)[O-]. The van der Waals surface area contributed by atoms with Crippen molar-refractivity contribution in [2.24, 2.45) is 0 Å². The molecule has 0 aliphatic rings. The van der Waals surface area contributed by atoms with E-state index in [1.807, 2.05) is 0 Å². The number of carbonyl (C=O) groups excluding carboxylic acids is 1. The van der Waals surface area contributed by atoms with Crippen LogP contribution in [0.15, 0.2) is 24.3 Å². The smallest absolute Gasteiger partial charge is 0.279 e. The van der Waals surface area contributed by atoms with E-state index in [-0.39, 0.29) is 5.56 Å². The molecule has 0 atom stereocenters. The molecule has 0 fully saturated rings. The number of hydrogen-bond donors (Lipinski definition) is 1. The first-order valence-corrected chi connectivity index (χ1v) is 7.38. The average molecular weight is 283 g/mol. The molecule has 9 heteroatoms. The number of amides is 1. The minimum atomic E-state index is -3.82. The number of hydrogen-bond acceptors (Lipinski definition) is 4. The molecule has 0 aliphatic carbocycles. The van der Waals surface area contributed by atoms with Crippen LogP contribution in [0, 0.1) is 10.1 Å². The summed E-state index contributed by atoms with van der Waals surface area (Å²) in [5, 5.41) is 12.4. The van der Waals surface area contributed by atoms with Gasteiger partial charge in [-0.15, -0.1) is 0 Å². The van der Waals surface area contributed by atoms with Gasteiger partial charge in [0.2, 0.25) is 0 Å². The Morgan fingerprint density at radius 1 is 1.38 bits per heavy atom. The van der Waals surface area contributed by atoms with Gasteiger partial charge in [0.15, 0.2) is 0 Å². The summed E-state index contributed by atoms with van der Waals surface area (Å²) in [6.45, 7) is 0. The second-order valence-corrected chi connectivity index (χ2v) is 7.20. The van der Waals surface area contributed by atoms with E-state index in [0.29, 0.717) is 0 Å². The molecular weight excluding hydrogens is 278 g/mol. The molecule has 0 heterocycles. The lowest BCUT2D eigenvalue weighted by molar-refractivity contribution is -0.385. The predicted octanol–water partition coefficient (Wildman–Crippen LogP) is 2.91. The minimum Gasteiger partial charge on any atom is -0.279 e. The Balaban J connectivity index is 3.09. The Bertz CT molecular complexity index is 487. The molecule has 86 valence electrons. The number of rotatable bonds is 3. The largest absolute Gasteiger partial charge is 0.345 e. The normalized spacial score (nSPS) is 10.9. The van der Waals surface area contributed by atoms with Crippen molar-refractivity contribution in [1.29, 1.82) is 0 Å². The quantitative estimate of drug-likeness (QED) is 0.524. The molecule has 1 N–H and O–H groups in total.